The molecule has 1 amide bonds. The lowest BCUT2D eigenvalue weighted by atomic mass is 9.99. The number of aromatic nitrogens is 2. The molecule has 0 atom stereocenters. The first-order chi connectivity index (χ1) is 16.4. The van der Waals surface area contributed by atoms with E-state index in [1.807, 2.05) is 54.6 Å². The van der Waals surface area contributed by atoms with Crippen LogP contribution in [0.4, 0.5) is 5.69 Å². The zero-order chi connectivity index (χ0) is 24.2. The quantitative estimate of drug-likeness (QED) is 0.366. The summed E-state index contributed by atoms with van der Waals surface area (Å²) in [5.41, 5.74) is 5.71. The normalized spacial score (nSPS) is 11.0. The van der Waals surface area contributed by atoms with Gasteiger partial charge < -0.3 is 14.6 Å². The van der Waals surface area contributed by atoms with E-state index < -0.39 is 5.97 Å². The van der Waals surface area contributed by atoms with Crippen molar-refractivity contribution in [3.05, 3.63) is 83.7 Å². The first kappa shape index (κ1) is 23.2. The summed E-state index contributed by atoms with van der Waals surface area (Å²) in [6.07, 6.45) is 3.01. The van der Waals surface area contributed by atoms with Crippen molar-refractivity contribution < 1.29 is 14.7 Å². The number of anilines is 1. The number of carboxylic acid groups (broad SMARTS) is 1. The lowest BCUT2D eigenvalue weighted by Gasteiger charge is -2.16. The lowest BCUT2D eigenvalue weighted by Crippen LogP contribution is -2.22. The number of benzene rings is 3. The smallest absolute Gasteiger partial charge is 0.336 e. The van der Waals surface area contributed by atoms with Crippen molar-refractivity contribution in [2.75, 3.05) is 11.9 Å². The first-order valence-electron chi connectivity index (χ1n) is 11.5. The number of aromatic carboxylic acids is 1. The minimum absolute atomic E-state index is 0.0196. The zero-order valence-electron chi connectivity index (χ0n) is 19.8. The van der Waals surface area contributed by atoms with Crippen molar-refractivity contribution in [3.63, 3.8) is 0 Å². The van der Waals surface area contributed by atoms with Crippen molar-refractivity contribution in [3.8, 4) is 11.1 Å². The molecule has 1 heterocycles. The molecular weight excluding hydrogens is 426 g/mol. The third kappa shape index (κ3) is 4.71. The van der Waals surface area contributed by atoms with E-state index in [4.69, 9.17) is 4.98 Å². The number of aryl methyl sites for hydroxylation is 1. The molecule has 3 aromatic carbocycles. The summed E-state index contributed by atoms with van der Waals surface area (Å²) in [6, 6.07) is 21.0. The van der Waals surface area contributed by atoms with E-state index in [1.165, 1.54) is 0 Å². The Morgan fingerprint density at radius 1 is 1.03 bits per heavy atom. The van der Waals surface area contributed by atoms with Crippen LogP contribution in [-0.4, -0.2) is 33.6 Å². The molecule has 0 aliphatic carbocycles. The minimum atomic E-state index is -0.934. The van der Waals surface area contributed by atoms with Crippen LogP contribution < -0.4 is 4.90 Å². The number of nitrogens with zero attached hydrogens (tertiary/aromatic N) is 3. The van der Waals surface area contributed by atoms with Crippen LogP contribution in [0.2, 0.25) is 0 Å². The molecule has 0 unspecified atom stereocenters. The maximum atomic E-state index is 11.9. The van der Waals surface area contributed by atoms with Gasteiger partial charge >= 0.3 is 5.97 Å². The highest BCUT2D eigenvalue weighted by atomic mass is 16.4. The number of carbonyl (C=O) groups is 2. The molecule has 174 valence electrons. The number of fused-ring (bicyclic) bond motifs is 1. The number of imidazole rings is 1. The topological polar surface area (TPSA) is 75.4 Å². The molecule has 6 nitrogen and oxygen atoms in total. The fourth-order valence-electron chi connectivity index (χ4n) is 4.15. The standard InChI is InChI=1S/C28H29N3O3/c1-4-5-10-27-29-25-16-15-22(30(3)19(2)32)17-26(25)31(27)18-20-11-13-21(14-12-20)23-8-6-7-9-24(23)28(33)34/h6-9,11-17H,4-5,10,18H2,1-3H3,(H,33,34). The summed E-state index contributed by atoms with van der Waals surface area (Å²) in [7, 11) is 1.77. The summed E-state index contributed by atoms with van der Waals surface area (Å²) in [5.74, 6) is 0.0742. The summed E-state index contributed by atoms with van der Waals surface area (Å²) >= 11 is 0. The van der Waals surface area contributed by atoms with Gasteiger partial charge in [0.2, 0.25) is 5.91 Å². The van der Waals surface area contributed by atoms with Gasteiger partial charge in [-0.1, -0.05) is 55.8 Å². The van der Waals surface area contributed by atoms with Crippen LogP contribution in [0, 0.1) is 0 Å². The van der Waals surface area contributed by atoms with E-state index in [0.29, 0.717) is 17.7 Å². The largest absolute Gasteiger partial charge is 0.478 e. The van der Waals surface area contributed by atoms with Gasteiger partial charge in [-0.2, -0.15) is 0 Å². The summed E-state index contributed by atoms with van der Waals surface area (Å²) in [5, 5.41) is 9.52. The van der Waals surface area contributed by atoms with E-state index in [-0.39, 0.29) is 5.91 Å². The second-order valence-electron chi connectivity index (χ2n) is 8.52. The Morgan fingerprint density at radius 2 is 1.76 bits per heavy atom. The van der Waals surface area contributed by atoms with Gasteiger partial charge in [-0.15, -0.1) is 0 Å². The molecule has 0 saturated carbocycles. The van der Waals surface area contributed by atoms with Crippen molar-refractivity contribution in [1.82, 2.24) is 9.55 Å². The molecular formula is C28H29N3O3. The lowest BCUT2D eigenvalue weighted by molar-refractivity contribution is -0.116. The molecule has 1 N–H and O–H groups in total. The van der Waals surface area contributed by atoms with E-state index in [0.717, 1.165) is 52.9 Å². The molecule has 4 rings (SSSR count). The molecule has 1 aromatic heterocycles. The Balaban J connectivity index is 1.71. The predicted molar refractivity (Wildman–Crippen MR) is 135 cm³/mol. The van der Waals surface area contributed by atoms with Crippen LogP contribution in [0.3, 0.4) is 0 Å². The number of hydrogen-bond acceptors (Lipinski definition) is 3. The summed E-state index contributed by atoms with van der Waals surface area (Å²) < 4.78 is 2.22. The van der Waals surface area contributed by atoms with Crippen LogP contribution in [0.15, 0.2) is 66.7 Å². The highest BCUT2D eigenvalue weighted by Crippen LogP contribution is 2.27. The zero-order valence-corrected chi connectivity index (χ0v) is 19.8. The summed E-state index contributed by atoms with van der Waals surface area (Å²) in [6.45, 7) is 4.36. The van der Waals surface area contributed by atoms with Gasteiger partial charge in [0.15, 0.2) is 0 Å². The Hall–Kier alpha value is -3.93. The van der Waals surface area contributed by atoms with Gasteiger partial charge in [0.1, 0.15) is 5.82 Å². The second-order valence-corrected chi connectivity index (χ2v) is 8.52. The molecule has 0 spiro atoms. The predicted octanol–water partition coefficient (Wildman–Crippen LogP) is 5.78. The number of hydrogen-bond donors (Lipinski definition) is 1. The van der Waals surface area contributed by atoms with Crippen LogP contribution in [-0.2, 0) is 17.8 Å². The van der Waals surface area contributed by atoms with Gasteiger partial charge in [0.05, 0.1) is 16.6 Å². The molecule has 0 fully saturated rings. The highest BCUT2D eigenvalue weighted by molar-refractivity contribution is 5.96. The number of unbranched alkanes of at least 4 members (excludes halogenated alkanes) is 1. The molecule has 6 heteroatoms. The summed E-state index contributed by atoms with van der Waals surface area (Å²) in [4.78, 5) is 30.0. The molecule has 0 aliphatic rings. The average molecular weight is 456 g/mol. The van der Waals surface area contributed by atoms with Gasteiger partial charge in [-0.05, 0) is 47.4 Å². The second kappa shape index (κ2) is 9.91. The SMILES string of the molecule is CCCCc1nc2ccc(N(C)C(C)=O)cc2n1Cc1ccc(-c2ccccc2C(=O)O)cc1. The molecule has 0 bridgehead atoms. The Kier molecular flexibility index (Phi) is 6.77. The Bertz CT molecular complexity index is 1340. The van der Waals surface area contributed by atoms with Gasteiger partial charge in [0, 0.05) is 32.6 Å². The Morgan fingerprint density at radius 3 is 2.44 bits per heavy atom. The third-order valence-electron chi connectivity index (χ3n) is 6.19. The average Bonchev–Trinajstić information content (AvgIpc) is 3.19. The van der Waals surface area contributed by atoms with Crippen molar-refractivity contribution >= 4 is 28.6 Å². The van der Waals surface area contributed by atoms with Gasteiger partial charge in [-0.25, -0.2) is 9.78 Å². The maximum Gasteiger partial charge on any atom is 0.336 e. The maximum absolute atomic E-state index is 11.9. The Labute approximate surface area is 199 Å². The van der Waals surface area contributed by atoms with E-state index in [2.05, 4.69) is 11.5 Å². The van der Waals surface area contributed by atoms with Crippen LogP contribution >= 0.6 is 0 Å². The number of rotatable bonds is 8. The number of carbonyl (C=O) groups excluding carboxylic acids is 1. The fraction of sp³-hybridized carbons (Fsp3) is 0.250. The van der Waals surface area contributed by atoms with Crippen molar-refractivity contribution in [2.24, 2.45) is 0 Å². The highest BCUT2D eigenvalue weighted by Gasteiger charge is 2.15. The van der Waals surface area contributed by atoms with E-state index in [1.54, 1.807) is 31.0 Å². The monoisotopic (exact) mass is 455 g/mol. The molecule has 0 radical (unpaired) electrons. The van der Waals surface area contributed by atoms with E-state index >= 15 is 0 Å². The molecule has 34 heavy (non-hydrogen) atoms. The first-order valence-corrected chi connectivity index (χ1v) is 11.5. The number of amides is 1. The van der Waals surface area contributed by atoms with Crippen molar-refractivity contribution in [1.29, 1.82) is 0 Å². The van der Waals surface area contributed by atoms with Gasteiger partial charge in [0.25, 0.3) is 0 Å². The molecule has 0 aliphatic heterocycles. The van der Waals surface area contributed by atoms with Crippen LogP contribution in [0.5, 0.6) is 0 Å². The van der Waals surface area contributed by atoms with Gasteiger partial charge in [-0.3, -0.25) is 4.79 Å². The van der Waals surface area contributed by atoms with E-state index in [9.17, 15) is 14.7 Å². The number of carboxylic acids is 1. The third-order valence-corrected chi connectivity index (χ3v) is 6.19. The van der Waals surface area contributed by atoms with Crippen LogP contribution in [0.1, 0.15) is 48.4 Å². The van der Waals surface area contributed by atoms with Crippen molar-refractivity contribution in [2.45, 2.75) is 39.7 Å². The minimum Gasteiger partial charge on any atom is -0.478 e. The van der Waals surface area contributed by atoms with Crippen LogP contribution in [0.25, 0.3) is 22.2 Å². The molecule has 0 saturated heterocycles. The fourth-order valence-corrected chi connectivity index (χ4v) is 4.15. The molecule has 4 aromatic rings.